The van der Waals surface area contributed by atoms with Gasteiger partial charge in [0.2, 0.25) is 0 Å². The minimum Gasteiger partial charge on any atom is -0.480 e. The molecule has 1 heterocycles. The molecule has 1 rings (SSSR count). The molecule has 1 amide bonds. The zero-order chi connectivity index (χ0) is 12.3. The summed E-state index contributed by atoms with van der Waals surface area (Å²) < 4.78 is 3.55. The van der Waals surface area contributed by atoms with Gasteiger partial charge in [-0.05, 0) is 24.4 Å². The molecule has 6 nitrogen and oxygen atoms in total. The number of nitrogens with one attached hydrogen (secondary N) is 1. The van der Waals surface area contributed by atoms with Crippen LogP contribution in [0.5, 0.6) is 0 Å². The number of hydrogen-bond acceptors (Lipinski definition) is 5. The van der Waals surface area contributed by atoms with Gasteiger partial charge in [0.1, 0.15) is 5.54 Å². The van der Waals surface area contributed by atoms with Gasteiger partial charge in [0.25, 0.3) is 5.91 Å². The maximum Gasteiger partial charge on any atom is 0.329 e. The van der Waals surface area contributed by atoms with Crippen molar-refractivity contribution < 1.29 is 14.7 Å². The van der Waals surface area contributed by atoms with E-state index in [0.717, 1.165) is 11.5 Å². The lowest BCUT2D eigenvalue weighted by atomic mass is 9.88. The van der Waals surface area contributed by atoms with E-state index in [-0.39, 0.29) is 11.6 Å². The molecule has 1 atom stereocenters. The van der Waals surface area contributed by atoms with E-state index < -0.39 is 17.4 Å². The van der Waals surface area contributed by atoms with Gasteiger partial charge in [-0.2, -0.15) is 0 Å². The molecule has 0 saturated carbocycles. The predicted octanol–water partition coefficient (Wildman–Crippen LogP) is 0.767. The summed E-state index contributed by atoms with van der Waals surface area (Å²) in [7, 11) is 0. The Morgan fingerprint density at radius 3 is 2.56 bits per heavy atom. The van der Waals surface area contributed by atoms with Crippen LogP contribution in [0.3, 0.4) is 0 Å². The molecule has 0 aliphatic heterocycles. The van der Waals surface area contributed by atoms with Gasteiger partial charge in [0.15, 0.2) is 5.69 Å². The van der Waals surface area contributed by atoms with Crippen LogP contribution in [0.1, 0.15) is 31.3 Å². The Labute approximate surface area is 96.8 Å². The van der Waals surface area contributed by atoms with Crippen molar-refractivity contribution in [3.05, 3.63) is 11.1 Å². The van der Waals surface area contributed by atoms with Crippen LogP contribution in [0.25, 0.3) is 0 Å². The smallest absolute Gasteiger partial charge is 0.329 e. The summed E-state index contributed by atoms with van der Waals surface area (Å²) in [6.45, 7) is 4.93. The van der Waals surface area contributed by atoms with Crippen LogP contribution < -0.4 is 5.32 Å². The maximum absolute atomic E-state index is 11.7. The number of carbonyl (C=O) groups is 2. The first kappa shape index (κ1) is 12.6. The maximum atomic E-state index is 11.7. The number of hydrogen-bond donors (Lipinski definition) is 2. The van der Waals surface area contributed by atoms with Crippen LogP contribution >= 0.6 is 11.5 Å². The zero-order valence-corrected chi connectivity index (χ0v) is 10.0. The molecule has 0 aromatic carbocycles. The van der Waals surface area contributed by atoms with Crippen LogP contribution in [0.15, 0.2) is 5.38 Å². The highest BCUT2D eigenvalue weighted by atomic mass is 32.1. The summed E-state index contributed by atoms with van der Waals surface area (Å²) >= 11 is 1.04. The Hall–Kier alpha value is -1.50. The van der Waals surface area contributed by atoms with Gasteiger partial charge in [-0.3, -0.25) is 4.79 Å². The molecule has 0 fully saturated rings. The SMILES string of the molecule is CC(C)C(C)(NC(=O)c1csnn1)C(=O)O. The van der Waals surface area contributed by atoms with Crippen molar-refractivity contribution in [2.24, 2.45) is 5.92 Å². The molecular formula is C9H13N3O3S. The molecule has 1 unspecified atom stereocenters. The first-order valence-electron chi connectivity index (χ1n) is 4.71. The number of carboxylic acids is 1. The predicted molar refractivity (Wildman–Crippen MR) is 58.3 cm³/mol. The first-order chi connectivity index (χ1) is 7.38. The average molecular weight is 243 g/mol. The van der Waals surface area contributed by atoms with Crippen LogP contribution in [0.4, 0.5) is 0 Å². The lowest BCUT2D eigenvalue weighted by Crippen LogP contribution is -2.55. The van der Waals surface area contributed by atoms with E-state index >= 15 is 0 Å². The molecule has 7 heteroatoms. The Bertz CT molecular complexity index is 391. The minimum atomic E-state index is -1.30. The van der Waals surface area contributed by atoms with E-state index in [1.165, 1.54) is 12.3 Å². The summed E-state index contributed by atoms with van der Waals surface area (Å²) in [6.07, 6.45) is 0. The molecule has 0 saturated heterocycles. The van der Waals surface area contributed by atoms with Crippen molar-refractivity contribution in [2.75, 3.05) is 0 Å². The van der Waals surface area contributed by atoms with Crippen molar-refractivity contribution in [3.8, 4) is 0 Å². The number of carbonyl (C=O) groups excluding carboxylic acids is 1. The summed E-state index contributed by atoms with van der Waals surface area (Å²) in [5.41, 5.74) is -1.17. The van der Waals surface area contributed by atoms with Crippen molar-refractivity contribution >= 4 is 23.4 Å². The van der Waals surface area contributed by atoms with Crippen LogP contribution in [-0.4, -0.2) is 32.1 Å². The lowest BCUT2D eigenvalue weighted by Gasteiger charge is -2.29. The number of carboxylic acid groups (broad SMARTS) is 1. The summed E-state index contributed by atoms with van der Waals surface area (Å²) in [6, 6.07) is 0. The summed E-state index contributed by atoms with van der Waals surface area (Å²) in [5, 5.41) is 16.6. The molecule has 16 heavy (non-hydrogen) atoms. The third kappa shape index (κ3) is 2.35. The number of rotatable bonds is 4. The van der Waals surface area contributed by atoms with Crippen LogP contribution in [0.2, 0.25) is 0 Å². The molecule has 1 aromatic rings. The standard InChI is InChI=1S/C9H13N3O3S/c1-5(2)9(3,8(14)15)10-7(13)6-4-16-12-11-6/h4-5H,1-3H3,(H,10,13)(H,14,15). The Morgan fingerprint density at radius 2 is 2.19 bits per heavy atom. The van der Waals surface area contributed by atoms with E-state index in [1.807, 2.05) is 0 Å². The first-order valence-corrected chi connectivity index (χ1v) is 5.54. The highest BCUT2D eigenvalue weighted by Crippen LogP contribution is 2.17. The van der Waals surface area contributed by atoms with E-state index in [1.54, 1.807) is 13.8 Å². The molecule has 88 valence electrons. The Morgan fingerprint density at radius 1 is 1.56 bits per heavy atom. The highest BCUT2D eigenvalue weighted by molar-refractivity contribution is 7.03. The largest absolute Gasteiger partial charge is 0.480 e. The normalized spacial score (nSPS) is 14.5. The third-order valence-corrected chi connectivity index (χ3v) is 3.07. The van der Waals surface area contributed by atoms with Crippen molar-refractivity contribution in [3.63, 3.8) is 0 Å². The molecule has 0 aliphatic carbocycles. The zero-order valence-electron chi connectivity index (χ0n) is 9.22. The molecule has 0 spiro atoms. The van der Waals surface area contributed by atoms with Crippen molar-refractivity contribution in [1.82, 2.24) is 14.9 Å². The molecule has 2 N–H and O–H groups in total. The molecule has 1 aromatic heterocycles. The number of aliphatic carboxylic acids is 1. The monoisotopic (exact) mass is 243 g/mol. The van der Waals surface area contributed by atoms with E-state index in [0.29, 0.717) is 0 Å². The van der Waals surface area contributed by atoms with E-state index in [2.05, 4.69) is 14.9 Å². The number of amides is 1. The van der Waals surface area contributed by atoms with Gasteiger partial charge in [-0.1, -0.05) is 18.3 Å². The van der Waals surface area contributed by atoms with Crippen LogP contribution in [0, 0.1) is 5.92 Å². The molecular weight excluding hydrogens is 230 g/mol. The van der Waals surface area contributed by atoms with Crippen LogP contribution in [-0.2, 0) is 4.79 Å². The second-order valence-corrected chi connectivity index (χ2v) is 4.52. The second-order valence-electron chi connectivity index (χ2n) is 3.91. The lowest BCUT2D eigenvalue weighted by molar-refractivity contribution is -0.145. The highest BCUT2D eigenvalue weighted by Gasteiger charge is 2.38. The topological polar surface area (TPSA) is 92.2 Å². The fourth-order valence-electron chi connectivity index (χ4n) is 1.01. The van der Waals surface area contributed by atoms with Crippen molar-refractivity contribution in [1.29, 1.82) is 0 Å². The second kappa shape index (κ2) is 4.56. The van der Waals surface area contributed by atoms with Gasteiger partial charge in [-0.25, -0.2) is 4.79 Å². The van der Waals surface area contributed by atoms with E-state index in [9.17, 15) is 9.59 Å². The average Bonchev–Trinajstić information content (AvgIpc) is 2.69. The van der Waals surface area contributed by atoms with Gasteiger partial charge >= 0.3 is 5.97 Å². The van der Waals surface area contributed by atoms with Crippen molar-refractivity contribution in [2.45, 2.75) is 26.3 Å². The Kier molecular flexibility index (Phi) is 3.58. The molecule has 0 aliphatic rings. The number of aromatic nitrogens is 2. The van der Waals surface area contributed by atoms with E-state index in [4.69, 9.17) is 5.11 Å². The minimum absolute atomic E-state index is 0.137. The van der Waals surface area contributed by atoms with Gasteiger partial charge in [-0.15, -0.1) is 5.10 Å². The van der Waals surface area contributed by atoms with Gasteiger partial charge < -0.3 is 10.4 Å². The van der Waals surface area contributed by atoms with Gasteiger partial charge in [0, 0.05) is 5.38 Å². The summed E-state index contributed by atoms with van der Waals surface area (Å²) in [4.78, 5) is 22.8. The quantitative estimate of drug-likeness (QED) is 0.814. The fourth-order valence-corrected chi connectivity index (χ4v) is 1.44. The molecule has 0 bridgehead atoms. The Balaban J connectivity index is 2.86. The number of nitrogens with zero attached hydrogens (tertiary/aromatic N) is 2. The molecule has 0 radical (unpaired) electrons. The fraction of sp³-hybridized carbons (Fsp3) is 0.556. The van der Waals surface area contributed by atoms with Gasteiger partial charge in [0.05, 0.1) is 0 Å². The summed E-state index contributed by atoms with van der Waals surface area (Å²) in [5.74, 6) is -1.83. The third-order valence-electron chi connectivity index (χ3n) is 2.56.